The number of benzene rings is 1. The Morgan fingerprint density at radius 2 is 2.04 bits per heavy atom. The number of carbonyl (C=O) groups excluding carboxylic acids is 1. The van der Waals surface area contributed by atoms with Crippen LogP contribution in [0.5, 0.6) is 5.75 Å². The number of nitrogens with one attached hydrogen (secondary N) is 2. The Hall–Kier alpha value is -3.15. The zero-order chi connectivity index (χ0) is 17.2. The summed E-state index contributed by atoms with van der Waals surface area (Å²) in [6, 6.07) is 13.4. The van der Waals surface area contributed by atoms with Crippen molar-refractivity contribution in [2.45, 2.75) is 6.42 Å². The van der Waals surface area contributed by atoms with Gasteiger partial charge < -0.3 is 10.1 Å². The molecule has 2 N–H and O–H groups in total. The second-order valence-electron chi connectivity index (χ2n) is 4.95. The Morgan fingerprint density at radius 1 is 1.25 bits per heavy atom. The molecule has 3 rings (SSSR count). The summed E-state index contributed by atoms with van der Waals surface area (Å²) in [5, 5.41) is 9.63. The van der Waals surface area contributed by atoms with E-state index in [1.165, 1.54) is 0 Å². The molecule has 3 aromatic rings. The molecule has 0 saturated carbocycles. The number of carbonyl (C=O) groups is 1. The van der Waals surface area contributed by atoms with E-state index in [1.807, 2.05) is 43.4 Å². The van der Waals surface area contributed by atoms with Gasteiger partial charge in [0.25, 0.3) is 0 Å². The fraction of sp³-hybridized carbons (Fsp3) is 0.167. The summed E-state index contributed by atoms with van der Waals surface area (Å²) in [5.74, 6) is 0.835. The Morgan fingerprint density at radius 3 is 2.54 bits per heavy atom. The minimum Gasteiger partial charge on any atom is -0.497 e. The Bertz CT molecular complexity index is 739. The molecule has 2 heterocycles. The molecule has 0 bridgehead atoms. The first-order chi connectivity index (χ1) is 11.7. The molecule has 0 aliphatic heterocycles. The largest absolute Gasteiger partial charge is 0.497 e. The van der Waals surface area contributed by atoms with Crippen molar-refractivity contribution in [2.75, 3.05) is 19.5 Å². The zero-order valence-electron chi connectivity index (χ0n) is 13.7. The predicted molar refractivity (Wildman–Crippen MR) is 93.6 cm³/mol. The highest BCUT2D eigenvalue weighted by atomic mass is 16.5. The fourth-order valence-corrected chi connectivity index (χ4v) is 2.00. The van der Waals surface area contributed by atoms with E-state index in [1.54, 1.807) is 25.6 Å². The molecule has 0 unspecified atom stereocenters. The van der Waals surface area contributed by atoms with Crippen LogP contribution in [0.1, 0.15) is 21.7 Å². The van der Waals surface area contributed by atoms with Crippen LogP contribution in [0.25, 0.3) is 0 Å². The van der Waals surface area contributed by atoms with Crippen LogP contribution in [-0.2, 0) is 6.42 Å². The first-order valence-corrected chi connectivity index (χ1v) is 7.45. The lowest BCUT2D eigenvalue weighted by Crippen LogP contribution is -1.89. The second kappa shape index (κ2) is 9.09. The van der Waals surface area contributed by atoms with E-state index < -0.39 is 0 Å². The Kier molecular flexibility index (Phi) is 6.52. The third-order valence-electron chi connectivity index (χ3n) is 3.28. The van der Waals surface area contributed by atoms with Gasteiger partial charge >= 0.3 is 0 Å². The summed E-state index contributed by atoms with van der Waals surface area (Å²) in [6.45, 7) is 0. The van der Waals surface area contributed by atoms with Crippen molar-refractivity contribution < 1.29 is 9.53 Å². The summed E-state index contributed by atoms with van der Waals surface area (Å²) in [4.78, 5) is 14.3. The van der Waals surface area contributed by atoms with E-state index >= 15 is 0 Å². The lowest BCUT2D eigenvalue weighted by atomic mass is 10.1. The van der Waals surface area contributed by atoms with E-state index in [0.29, 0.717) is 5.69 Å². The van der Waals surface area contributed by atoms with Crippen LogP contribution in [0.4, 0.5) is 5.69 Å². The van der Waals surface area contributed by atoms with E-state index in [4.69, 9.17) is 4.74 Å². The van der Waals surface area contributed by atoms with Crippen LogP contribution in [-0.4, -0.2) is 35.6 Å². The van der Waals surface area contributed by atoms with Gasteiger partial charge in [0, 0.05) is 31.6 Å². The van der Waals surface area contributed by atoms with Crippen molar-refractivity contribution in [3.05, 3.63) is 71.8 Å². The molecule has 24 heavy (non-hydrogen) atoms. The van der Waals surface area contributed by atoms with E-state index in [2.05, 4.69) is 20.5 Å². The van der Waals surface area contributed by atoms with Gasteiger partial charge in [-0.1, -0.05) is 12.1 Å². The normalized spacial score (nSPS) is 9.58. The number of hydrogen-bond acceptors (Lipinski definition) is 5. The highest BCUT2D eigenvalue weighted by Crippen LogP contribution is 2.14. The summed E-state index contributed by atoms with van der Waals surface area (Å²) < 4.78 is 5.07. The van der Waals surface area contributed by atoms with E-state index in [-0.39, 0.29) is 0 Å². The van der Waals surface area contributed by atoms with E-state index in [9.17, 15) is 4.79 Å². The summed E-state index contributed by atoms with van der Waals surface area (Å²) in [7, 11) is 3.51. The SMILES string of the molecule is CNc1cccnc1.COc1ccc(Cc2cc(C=O)n[nH]2)cc1. The standard InChI is InChI=1S/C12H12N2O2.C6H8N2/c1-16-12-4-2-9(3-5-12)6-10-7-11(8-15)14-13-10;1-7-6-3-2-4-8-5-6/h2-5,7-8H,6H2,1H3,(H,13,14);2-5,7H,1H3. The van der Waals surface area contributed by atoms with Gasteiger partial charge in [0.2, 0.25) is 0 Å². The quantitative estimate of drug-likeness (QED) is 0.705. The average Bonchev–Trinajstić information content (AvgIpc) is 3.11. The van der Waals surface area contributed by atoms with Crippen molar-refractivity contribution in [2.24, 2.45) is 0 Å². The number of nitrogens with zero attached hydrogens (tertiary/aromatic N) is 2. The van der Waals surface area contributed by atoms with Crippen LogP contribution < -0.4 is 10.1 Å². The summed E-state index contributed by atoms with van der Waals surface area (Å²) >= 11 is 0. The second-order valence-corrected chi connectivity index (χ2v) is 4.95. The number of hydrogen-bond donors (Lipinski definition) is 2. The zero-order valence-corrected chi connectivity index (χ0v) is 13.7. The van der Waals surface area contributed by atoms with Gasteiger partial charge in [-0.05, 0) is 35.9 Å². The molecular weight excluding hydrogens is 304 g/mol. The maximum atomic E-state index is 10.5. The van der Waals surface area contributed by atoms with Crippen LogP contribution in [0, 0.1) is 0 Å². The first kappa shape index (κ1) is 17.2. The number of methoxy groups -OCH3 is 1. The maximum Gasteiger partial charge on any atom is 0.170 e. The van der Waals surface area contributed by atoms with Gasteiger partial charge in [0.1, 0.15) is 11.4 Å². The Labute approximate surface area is 140 Å². The average molecular weight is 324 g/mol. The van der Waals surface area contributed by atoms with Crippen molar-refractivity contribution in [1.29, 1.82) is 0 Å². The number of ether oxygens (including phenoxy) is 1. The molecule has 6 heteroatoms. The minimum absolute atomic E-state index is 0.434. The summed E-state index contributed by atoms with van der Waals surface area (Å²) in [5.41, 5.74) is 3.55. The predicted octanol–water partition coefficient (Wildman–Crippen LogP) is 2.94. The third-order valence-corrected chi connectivity index (χ3v) is 3.28. The number of rotatable bonds is 5. The molecule has 0 fully saturated rings. The molecule has 6 nitrogen and oxygen atoms in total. The molecule has 1 aromatic carbocycles. The molecule has 0 aliphatic carbocycles. The van der Waals surface area contributed by atoms with Crippen LogP contribution in [0.15, 0.2) is 54.9 Å². The van der Waals surface area contributed by atoms with Crippen LogP contribution in [0.3, 0.4) is 0 Å². The topological polar surface area (TPSA) is 79.9 Å². The number of aldehydes is 1. The number of pyridine rings is 1. The van der Waals surface area contributed by atoms with Crippen molar-refractivity contribution in [3.63, 3.8) is 0 Å². The van der Waals surface area contributed by atoms with Crippen molar-refractivity contribution in [1.82, 2.24) is 15.2 Å². The minimum atomic E-state index is 0.434. The number of aromatic amines is 1. The smallest absolute Gasteiger partial charge is 0.170 e. The molecule has 0 aliphatic rings. The number of aromatic nitrogens is 3. The number of anilines is 1. The molecule has 0 radical (unpaired) electrons. The first-order valence-electron chi connectivity index (χ1n) is 7.45. The molecule has 0 amide bonds. The molecule has 124 valence electrons. The van der Waals surface area contributed by atoms with Gasteiger partial charge in [-0.25, -0.2) is 0 Å². The third kappa shape index (κ3) is 5.24. The van der Waals surface area contributed by atoms with Crippen molar-refractivity contribution in [3.8, 4) is 5.75 Å². The molecule has 2 aromatic heterocycles. The highest BCUT2D eigenvalue weighted by molar-refractivity contribution is 5.71. The monoisotopic (exact) mass is 324 g/mol. The highest BCUT2D eigenvalue weighted by Gasteiger charge is 2.01. The summed E-state index contributed by atoms with van der Waals surface area (Å²) in [6.07, 6.45) is 4.99. The van der Waals surface area contributed by atoms with Gasteiger partial charge in [-0.3, -0.25) is 14.9 Å². The molecule has 0 spiro atoms. The van der Waals surface area contributed by atoms with E-state index in [0.717, 1.165) is 35.4 Å². The lowest BCUT2D eigenvalue weighted by Gasteiger charge is -2.01. The Balaban J connectivity index is 0.000000219. The van der Waals surface area contributed by atoms with Gasteiger partial charge in [-0.15, -0.1) is 0 Å². The molecular formula is C18H20N4O2. The van der Waals surface area contributed by atoms with Crippen LogP contribution in [0.2, 0.25) is 0 Å². The van der Waals surface area contributed by atoms with Crippen molar-refractivity contribution >= 4 is 12.0 Å². The maximum absolute atomic E-state index is 10.5. The van der Waals surface area contributed by atoms with Gasteiger partial charge in [0.15, 0.2) is 6.29 Å². The van der Waals surface area contributed by atoms with Gasteiger partial charge in [-0.2, -0.15) is 5.10 Å². The number of H-pyrrole nitrogens is 1. The molecule has 0 atom stereocenters. The van der Waals surface area contributed by atoms with Crippen LogP contribution >= 0.6 is 0 Å². The fourth-order valence-electron chi connectivity index (χ4n) is 2.00. The van der Waals surface area contributed by atoms with Gasteiger partial charge in [0.05, 0.1) is 12.8 Å². The molecule has 0 saturated heterocycles. The lowest BCUT2D eigenvalue weighted by molar-refractivity contribution is 0.111.